The molecule has 2 N–H and O–H groups in total. The Balaban J connectivity index is 2.19. The first-order chi connectivity index (χ1) is 10.5. The molecule has 1 aliphatic heterocycles. The van der Waals surface area contributed by atoms with Crippen LogP contribution in [-0.4, -0.2) is 45.4 Å². The fourth-order valence-corrected chi connectivity index (χ4v) is 3.09. The van der Waals surface area contributed by atoms with Crippen molar-refractivity contribution in [1.82, 2.24) is 0 Å². The van der Waals surface area contributed by atoms with Gasteiger partial charge in [-0.05, 0) is 12.5 Å². The van der Waals surface area contributed by atoms with E-state index in [1.54, 1.807) is 0 Å². The van der Waals surface area contributed by atoms with Crippen LogP contribution in [0, 0.1) is 6.92 Å². The SMILES string of the molecule is COc1cc(O)cc2oc(=O)c(N3CC[NH+](C)CC3)c(C)c12. The van der Waals surface area contributed by atoms with E-state index in [9.17, 15) is 9.90 Å². The van der Waals surface area contributed by atoms with E-state index in [2.05, 4.69) is 11.9 Å². The molecule has 1 fully saturated rings. The number of hydrogen-bond acceptors (Lipinski definition) is 5. The topological polar surface area (TPSA) is 67.4 Å². The van der Waals surface area contributed by atoms with E-state index in [4.69, 9.17) is 9.15 Å². The fourth-order valence-electron chi connectivity index (χ4n) is 3.09. The summed E-state index contributed by atoms with van der Waals surface area (Å²) in [7, 11) is 3.69. The van der Waals surface area contributed by atoms with Gasteiger partial charge < -0.3 is 24.1 Å². The molecule has 0 spiro atoms. The number of aryl methyl sites for hydroxylation is 1. The largest absolute Gasteiger partial charge is 0.508 e. The van der Waals surface area contributed by atoms with Crippen molar-refractivity contribution < 1.29 is 19.2 Å². The second kappa shape index (κ2) is 5.53. The maximum atomic E-state index is 12.4. The highest BCUT2D eigenvalue weighted by Gasteiger charge is 2.24. The quantitative estimate of drug-likeness (QED) is 0.773. The number of anilines is 1. The number of rotatable bonds is 2. The number of nitrogens with zero attached hydrogens (tertiary/aromatic N) is 1. The van der Waals surface area contributed by atoms with Gasteiger partial charge in [0.25, 0.3) is 0 Å². The van der Waals surface area contributed by atoms with Gasteiger partial charge in [-0.2, -0.15) is 0 Å². The Kier molecular flexibility index (Phi) is 3.70. The van der Waals surface area contributed by atoms with Crippen LogP contribution in [-0.2, 0) is 0 Å². The van der Waals surface area contributed by atoms with Gasteiger partial charge in [0.2, 0.25) is 0 Å². The van der Waals surface area contributed by atoms with Gasteiger partial charge in [0.1, 0.15) is 22.8 Å². The molecule has 6 heteroatoms. The molecule has 0 amide bonds. The van der Waals surface area contributed by atoms with E-state index in [1.807, 2.05) is 6.92 Å². The molecule has 0 bridgehead atoms. The molecule has 0 radical (unpaired) electrons. The summed E-state index contributed by atoms with van der Waals surface area (Å²) < 4.78 is 10.8. The number of likely N-dealkylation sites (N-methyl/N-ethyl adjacent to an activating group) is 1. The maximum absolute atomic E-state index is 12.4. The zero-order valence-electron chi connectivity index (χ0n) is 13.1. The maximum Gasteiger partial charge on any atom is 0.360 e. The van der Waals surface area contributed by atoms with Crippen LogP contribution >= 0.6 is 0 Å². The summed E-state index contributed by atoms with van der Waals surface area (Å²) in [5.41, 5.74) is 1.42. The summed E-state index contributed by atoms with van der Waals surface area (Å²) in [5, 5.41) is 10.5. The molecule has 1 aromatic heterocycles. The first kappa shape index (κ1) is 14.7. The third-order valence-corrected chi connectivity index (χ3v) is 4.33. The van der Waals surface area contributed by atoms with Gasteiger partial charge in [-0.15, -0.1) is 0 Å². The lowest BCUT2D eigenvalue weighted by atomic mass is 10.1. The Hall–Kier alpha value is -2.21. The number of quaternary nitrogens is 1. The average molecular weight is 305 g/mol. The van der Waals surface area contributed by atoms with Crippen LogP contribution in [0.15, 0.2) is 21.3 Å². The molecule has 0 atom stereocenters. The average Bonchev–Trinajstić information content (AvgIpc) is 2.47. The fraction of sp³-hybridized carbons (Fsp3) is 0.438. The third kappa shape index (κ3) is 2.39. The number of benzene rings is 1. The predicted octanol–water partition coefficient (Wildman–Crippen LogP) is 0.150. The molecule has 118 valence electrons. The van der Waals surface area contributed by atoms with Crippen LogP contribution in [0.4, 0.5) is 5.69 Å². The molecule has 0 unspecified atom stereocenters. The van der Waals surface area contributed by atoms with E-state index in [1.165, 1.54) is 24.1 Å². The lowest BCUT2D eigenvalue weighted by molar-refractivity contribution is -0.880. The molecule has 0 aliphatic carbocycles. The number of aromatic hydroxyl groups is 1. The van der Waals surface area contributed by atoms with Crippen LogP contribution in [0.3, 0.4) is 0 Å². The molecule has 6 nitrogen and oxygen atoms in total. The number of hydrogen-bond donors (Lipinski definition) is 2. The van der Waals surface area contributed by atoms with Crippen LogP contribution in [0.2, 0.25) is 0 Å². The van der Waals surface area contributed by atoms with Gasteiger partial charge in [-0.25, -0.2) is 4.79 Å². The van der Waals surface area contributed by atoms with Crippen molar-refractivity contribution in [2.75, 3.05) is 45.2 Å². The molecular formula is C16H21N2O4+. The Labute approximate surface area is 128 Å². The minimum absolute atomic E-state index is 0.0165. The molecular weight excluding hydrogens is 284 g/mol. The van der Waals surface area contributed by atoms with Crippen LogP contribution in [0.1, 0.15) is 5.56 Å². The highest BCUT2D eigenvalue weighted by atomic mass is 16.5. The smallest absolute Gasteiger partial charge is 0.360 e. The predicted molar refractivity (Wildman–Crippen MR) is 84.3 cm³/mol. The van der Waals surface area contributed by atoms with Crippen LogP contribution in [0.25, 0.3) is 11.0 Å². The lowest BCUT2D eigenvalue weighted by Crippen LogP contribution is -3.12. The summed E-state index contributed by atoms with van der Waals surface area (Å²) in [6.07, 6.45) is 0. The van der Waals surface area contributed by atoms with Crippen molar-refractivity contribution in [3.63, 3.8) is 0 Å². The monoisotopic (exact) mass is 305 g/mol. The Morgan fingerprint density at radius 2 is 2.00 bits per heavy atom. The minimum Gasteiger partial charge on any atom is -0.508 e. The zero-order valence-corrected chi connectivity index (χ0v) is 13.1. The third-order valence-electron chi connectivity index (χ3n) is 4.33. The Morgan fingerprint density at radius 1 is 1.32 bits per heavy atom. The molecule has 1 saturated heterocycles. The molecule has 22 heavy (non-hydrogen) atoms. The standard InChI is InChI=1S/C16H20N2O4/c1-10-14-12(21-3)8-11(19)9-13(14)22-16(20)15(10)18-6-4-17(2)5-7-18/h8-9,19H,4-7H2,1-3H3/p+1. The van der Waals surface area contributed by atoms with Crippen molar-refractivity contribution in [1.29, 1.82) is 0 Å². The first-order valence-corrected chi connectivity index (χ1v) is 7.42. The number of phenolic OH excluding ortho intramolecular Hbond substituents is 1. The van der Waals surface area contributed by atoms with E-state index in [-0.39, 0.29) is 11.4 Å². The molecule has 0 saturated carbocycles. The van der Waals surface area contributed by atoms with Gasteiger partial charge in [-0.1, -0.05) is 0 Å². The molecule has 1 aliphatic rings. The van der Waals surface area contributed by atoms with Gasteiger partial charge in [0.15, 0.2) is 0 Å². The zero-order chi connectivity index (χ0) is 15.9. The lowest BCUT2D eigenvalue weighted by Gasteiger charge is -2.31. The summed E-state index contributed by atoms with van der Waals surface area (Å²) in [4.78, 5) is 16.0. The first-order valence-electron chi connectivity index (χ1n) is 7.42. The Morgan fingerprint density at radius 3 is 2.64 bits per heavy atom. The highest BCUT2D eigenvalue weighted by Crippen LogP contribution is 2.35. The molecule has 2 aromatic rings. The Bertz CT molecular complexity index is 761. The van der Waals surface area contributed by atoms with Crippen molar-refractivity contribution in [3.8, 4) is 11.5 Å². The second-order valence-electron chi connectivity index (χ2n) is 5.83. The van der Waals surface area contributed by atoms with Crippen LogP contribution < -0.4 is 20.2 Å². The molecule has 2 heterocycles. The normalized spacial score (nSPS) is 16.2. The second-order valence-corrected chi connectivity index (χ2v) is 5.83. The van der Waals surface area contributed by atoms with E-state index < -0.39 is 0 Å². The number of ether oxygens (including phenoxy) is 1. The van der Waals surface area contributed by atoms with E-state index in [0.29, 0.717) is 17.0 Å². The van der Waals surface area contributed by atoms with Crippen LogP contribution in [0.5, 0.6) is 11.5 Å². The highest BCUT2D eigenvalue weighted by molar-refractivity contribution is 5.91. The van der Waals surface area contributed by atoms with Gasteiger partial charge in [0, 0.05) is 12.1 Å². The van der Waals surface area contributed by atoms with Crippen molar-refractivity contribution in [3.05, 3.63) is 28.1 Å². The summed E-state index contributed by atoms with van der Waals surface area (Å²) in [5.74, 6) is 0.528. The number of fused-ring (bicyclic) bond motifs is 1. The van der Waals surface area contributed by atoms with Crippen molar-refractivity contribution in [2.24, 2.45) is 0 Å². The van der Waals surface area contributed by atoms with Gasteiger partial charge in [-0.3, -0.25) is 0 Å². The number of methoxy groups -OCH3 is 1. The summed E-state index contributed by atoms with van der Waals surface area (Å²) in [6, 6.07) is 2.98. The summed E-state index contributed by atoms with van der Waals surface area (Å²) >= 11 is 0. The molecule has 3 rings (SSSR count). The number of nitrogens with one attached hydrogen (secondary N) is 1. The molecule has 1 aromatic carbocycles. The minimum atomic E-state index is -0.364. The van der Waals surface area contributed by atoms with E-state index >= 15 is 0 Å². The van der Waals surface area contributed by atoms with Gasteiger partial charge in [0.05, 0.1) is 45.7 Å². The van der Waals surface area contributed by atoms with E-state index in [0.717, 1.165) is 37.1 Å². The number of phenols is 1. The number of piperazine rings is 1. The van der Waals surface area contributed by atoms with Crippen molar-refractivity contribution >= 4 is 16.7 Å². The van der Waals surface area contributed by atoms with Gasteiger partial charge >= 0.3 is 5.63 Å². The van der Waals surface area contributed by atoms with Crippen molar-refractivity contribution in [2.45, 2.75) is 6.92 Å². The summed E-state index contributed by atoms with van der Waals surface area (Å²) in [6.45, 7) is 5.53.